The third-order valence-electron chi connectivity index (χ3n) is 6.33. The number of carbonyl (C=O) groups is 3. The Kier molecular flexibility index (Phi) is 6.70. The van der Waals surface area contributed by atoms with Crippen molar-refractivity contribution >= 4 is 35.5 Å². The van der Waals surface area contributed by atoms with Crippen LogP contribution in [0.5, 0.6) is 5.75 Å². The third-order valence-corrected chi connectivity index (χ3v) is 6.33. The molecule has 2 heterocycles. The number of benzene rings is 1. The van der Waals surface area contributed by atoms with Crippen LogP contribution in [-0.4, -0.2) is 57.0 Å². The summed E-state index contributed by atoms with van der Waals surface area (Å²) in [5.41, 5.74) is 5.31. The van der Waals surface area contributed by atoms with Crippen molar-refractivity contribution in [1.82, 2.24) is 25.2 Å². The number of methoxy groups -OCH3 is 1. The monoisotopic (exact) mass is 497 g/mol. The fourth-order valence-corrected chi connectivity index (χ4v) is 5.40. The van der Waals surface area contributed by atoms with E-state index in [9.17, 15) is 14.4 Å². The minimum atomic E-state index is -0.986. The first-order valence-corrected chi connectivity index (χ1v) is 11.7. The van der Waals surface area contributed by atoms with Crippen molar-refractivity contribution in [1.29, 1.82) is 0 Å². The van der Waals surface area contributed by atoms with E-state index < -0.39 is 30.0 Å². The van der Waals surface area contributed by atoms with Gasteiger partial charge in [0, 0.05) is 0 Å². The zero-order valence-electron chi connectivity index (χ0n) is 20.8. The standard InChI is InChI=1S/C24H31N7O5/c1-14-9-23(2,3)13-24(10-14)19(33)31(22(34)30-24)11-18(32)36-12-17-27-20(25)29-21(28-17)26-15-7-5-6-8-16(15)35-4/h5-8,14H,9-13H2,1-4H3,(H,30,34)(H3,25,26,27,28,29). The number of hydrogen-bond acceptors (Lipinski definition) is 10. The lowest BCUT2D eigenvalue weighted by Gasteiger charge is -2.43. The van der Waals surface area contributed by atoms with E-state index >= 15 is 0 Å². The molecule has 4 rings (SSSR count). The van der Waals surface area contributed by atoms with Crippen molar-refractivity contribution in [3.8, 4) is 5.75 Å². The van der Waals surface area contributed by atoms with Gasteiger partial charge in [0.05, 0.1) is 12.8 Å². The van der Waals surface area contributed by atoms with Crippen LogP contribution in [0.1, 0.15) is 45.9 Å². The number of aromatic nitrogens is 3. The largest absolute Gasteiger partial charge is 0.495 e. The highest BCUT2D eigenvalue weighted by Gasteiger charge is 2.56. The van der Waals surface area contributed by atoms with Crippen molar-refractivity contribution in [2.75, 3.05) is 24.7 Å². The Morgan fingerprint density at radius 2 is 1.97 bits per heavy atom. The molecule has 1 aromatic carbocycles. The summed E-state index contributed by atoms with van der Waals surface area (Å²) in [5.74, 6) is -0.149. The summed E-state index contributed by atoms with van der Waals surface area (Å²) in [4.78, 5) is 51.6. The Hall–Kier alpha value is -3.96. The molecule has 1 saturated carbocycles. The van der Waals surface area contributed by atoms with Gasteiger partial charge < -0.3 is 25.8 Å². The number of carbonyl (C=O) groups excluding carboxylic acids is 3. The number of ether oxygens (including phenoxy) is 2. The quantitative estimate of drug-likeness (QED) is 0.382. The van der Waals surface area contributed by atoms with Crippen LogP contribution < -0.4 is 21.1 Å². The first-order valence-electron chi connectivity index (χ1n) is 11.7. The molecular weight excluding hydrogens is 466 g/mol. The van der Waals surface area contributed by atoms with Crippen LogP contribution in [0.25, 0.3) is 0 Å². The molecular formula is C24H31N7O5. The number of nitrogens with one attached hydrogen (secondary N) is 2. The summed E-state index contributed by atoms with van der Waals surface area (Å²) in [6.07, 6.45) is 2.02. The van der Waals surface area contributed by atoms with Crippen LogP contribution >= 0.6 is 0 Å². The summed E-state index contributed by atoms with van der Waals surface area (Å²) in [6.45, 7) is 5.41. The first kappa shape index (κ1) is 25.1. The van der Waals surface area contributed by atoms with E-state index in [4.69, 9.17) is 15.2 Å². The SMILES string of the molecule is COc1ccccc1Nc1nc(N)nc(COC(=O)CN2C(=O)NC3(CC(C)CC(C)(C)C3)C2=O)n1. The number of para-hydroxylation sites is 2. The fraction of sp³-hybridized carbons (Fsp3) is 0.500. The number of rotatable bonds is 7. The molecule has 2 aliphatic rings. The minimum absolute atomic E-state index is 0.0708. The Labute approximate surface area is 209 Å². The average molecular weight is 498 g/mol. The predicted molar refractivity (Wildman–Crippen MR) is 130 cm³/mol. The zero-order valence-corrected chi connectivity index (χ0v) is 20.8. The van der Waals surface area contributed by atoms with E-state index in [1.54, 1.807) is 12.1 Å². The molecule has 2 fully saturated rings. The summed E-state index contributed by atoms with van der Waals surface area (Å²) in [7, 11) is 1.54. The molecule has 2 atom stereocenters. The molecule has 1 spiro atoms. The number of nitrogens with two attached hydrogens (primary N) is 1. The summed E-state index contributed by atoms with van der Waals surface area (Å²) in [5, 5.41) is 5.84. The van der Waals surface area contributed by atoms with Crippen molar-refractivity contribution in [2.45, 2.75) is 52.2 Å². The Morgan fingerprint density at radius 1 is 1.22 bits per heavy atom. The van der Waals surface area contributed by atoms with Crippen molar-refractivity contribution in [3.05, 3.63) is 30.1 Å². The molecule has 2 aromatic rings. The van der Waals surface area contributed by atoms with Gasteiger partial charge in [-0.2, -0.15) is 15.0 Å². The van der Waals surface area contributed by atoms with Gasteiger partial charge in [-0.15, -0.1) is 0 Å². The van der Waals surface area contributed by atoms with Gasteiger partial charge in [0.25, 0.3) is 5.91 Å². The smallest absolute Gasteiger partial charge is 0.326 e. The number of urea groups is 1. The number of amides is 3. The molecule has 1 aliphatic carbocycles. The molecule has 1 aliphatic heterocycles. The number of nitrogen functional groups attached to an aromatic ring is 1. The van der Waals surface area contributed by atoms with Crippen molar-refractivity contribution in [2.24, 2.45) is 11.3 Å². The molecule has 1 aromatic heterocycles. The van der Waals surface area contributed by atoms with E-state index in [0.717, 1.165) is 11.3 Å². The van der Waals surface area contributed by atoms with Gasteiger partial charge in [0.2, 0.25) is 11.9 Å². The van der Waals surface area contributed by atoms with Gasteiger partial charge in [-0.1, -0.05) is 32.9 Å². The normalized spacial score (nSPS) is 22.9. The average Bonchev–Trinajstić information content (AvgIpc) is 2.99. The maximum absolute atomic E-state index is 13.2. The molecule has 1 saturated heterocycles. The fourth-order valence-electron chi connectivity index (χ4n) is 5.40. The topological polar surface area (TPSA) is 162 Å². The second kappa shape index (κ2) is 9.59. The molecule has 12 heteroatoms. The van der Waals surface area contributed by atoms with Crippen LogP contribution in [0, 0.1) is 11.3 Å². The molecule has 192 valence electrons. The number of hydrogen-bond donors (Lipinski definition) is 3. The highest BCUT2D eigenvalue weighted by molar-refractivity contribution is 6.08. The van der Waals surface area contributed by atoms with E-state index in [1.165, 1.54) is 7.11 Å². The van der Waals surface area contributed by atoms with Crippen LogP contribution in [-0.2, 0) is 20.9 Å². The van der Waals surface area contributed by atoms with Gasteiger partial charge in [-0.3, -0.25) is 14.5 Å². The van der Waals surface area contributed by atoms with Crippen molar-refractivity contribution in [3.63, 3.8) is 0 Å². The highest BCUT2D eigenvalue weighted by atomic mass is 16.5. The maximum Gasteiger partial charge on any atom is 0.326 e. The second-order valence-corrected chi connectivity index (χ2v) is 10.2. The lowest BCUT2D eigenvalue weighted by molar-refractivity contribution is -0.149. The zero-order chi connectivity index (χ0) is 26.1. The number of nitrogens with zero attached hydrogens (tertiary/aromatic N) is 4. The van der Waals surface area contributed by atoms with Crippen LogP contribution in [0.2, 0.25) is 0 Å². The molecule has 0 radical (unpaired) electrons. The molecule has 36 heavy (non-hydrogen) atoms. The van der Waals surface area contributed by atoms with E-state index in [-0.39, 0.29) is 35.7 Å². The van der Waals surface area contributed by atoms with Crippen molar-refractivity contribution < 1.29 is 23.9 Å². The second-order valence-electron chi connectivity index (χ2n) is 10.2. The Morgan fingerprint density at radius 3 is 2.69 bits per heavy atom. The number of esters is 1. The summed E-state index contributed by atoms with van der Waals surface area (Å²) < 4.78 is 10.6. The lowest BCUT2D eigenvalue weighted by atomic mass is 9.64. The van der Waals surface area contributed by atoms with Gasteiger partial charge >= 0.3 is 12.0 Å². The number of anilines is 3. The maximum atomic E-state index is 13.2. The third kappa shape index (κ3) is 5.31. The van der Waals surface area contributed by atoms with Gasteiger partial charge in [-0.05, 0) is 42.7 Å². The Bertz CT molecular complexity index is 1190. The predicted octanol–water partition coefficient (Wildman–Crippen LogP) is 2.39. The van der Waals surface area contributed by atoms with E-state index in [1.807, 2.05) is 12.1 Å². The molecule has 3 amide bonds. The van der Waals surface area contributed by atoms with E-state index in [0.29, 0.717) is 24.3 Å². The summed E-state index contributed by atoms with van der Waals surface area (Å²) in [6, 6.07) is 6.59. The van der Waals surface area contributed by atoms with Crippen LogP contribution in [0.3, 0.4) is 0 Å². The molecule has 2 unspecified atom stereocenters. The molecule has 0 bridgehead atoms. The molecule has 12 nitrogen and oxygen atoms in total. The van der Waals surface area contributed by atoms with Gasteiger partial charge in [-0.25, -0.2) is 4.79 Å². The lowest BCUT2D eigenvalue weighted by Crippen LogP contribution is -2.54. The molecule has 4 N–H and O–H groups in total. The van der Waals surface area contributed by atoms with Crippen LogP contribution in [0.15, 0.2) is 24.3 Å². The summed E-state index contributed by atoms with van der Waals surface area (Å²) >= 11 is 0. The van der Waals surface area contributed by atoms with Crippen LogP contribution in [0.4, 0.5) is 22.4 Å². The Balaban J connectivity index is 1.39. The first-order chi connectivity index (χ1) is 17.0. The highest BCUT2D eigenvalue weighted by Crippen LogP contribution is 2.46. The van der Waals surface area contributed by atoms with Gasteiger partial charge in [0.1, 0.15) is 17.8 Å². The minimum Gasteiger partial charge on any atom is -0.495 e. The van der Waals surface area contributed by atoms with Gasteiger partial charge in [0.15, 0.2) is 12.4 Å². The van der Waals surface area contributed by atoms with E-state index in [2.05, 4.69) is 46.4 Å². The number of imide groups is 1.